The molecule has 0 aliphatic carbocycles. The smallest absolute Gasteiger partial charge is 0.0259 e. The first-order valence-corrected chi connectivity index (χ1v) is 18.0. The number of fused-ring (bicyclic) bond motifs is 2. The van der Waals surface area contributed by atoms with Gasteiger partial charge in [0.15, 0.2) is 0 Å². The minimum Gasteiger partial charge on any atom is -0.144 e. The summed E-state index contributed by atoms with van der Waals surface area (Å²) in [6.45, 7) is 8.83. The molecule has 3 heteroatoms. The van der Waals surface area contributed by atoms with Gasteiger partial charge in [-0.2, -0.15) is 0 Å². The van der Waals surface area contributed by atoms with E-state index in [1.54, 1.807) is 20.0 Å². The average Bonchev–Trinajstić information content (AvgIpc) is 3.82. The van der Waals surface area contributed by atoms with E-state index in [4.69, 9.17) is 0 Å². The van der Waals surface area contributed by atoms with Crippen molar-refractivity contribution in [3.8, 4) is 44.5 Å². The van der Waals surface area contributed by atoms with Crippen LogP contribution < -0.4 is 10.2 Å². The second-order valence-corrected chi connectivity index (χ2v) is 12.0. The van der Waals surface area contributed by atoms with Crippen LogP contribution in [-0.4, -0.2) is 4.82 Å². The molecule has 0 heterocycles. The van der Waals surface area contributed by atoms with Crippen LogP contribution in [-0.2, 0) is 20.0 Å². The Hall–Kier alpha value is -5.80. The molecule has 2 nitrogen and oxygen atoms in total. The molecule has 0 atom stereocenters. The van der Waals surface area contributed by atoms with Crippen LogP contribution in [0.5, 0.6) is 0 Å². The molecule has 0 aliphatic rings. The SMILES string of the molecule is C=C(C)[O-].C=C(C)[O-].[CH2]=[Ti+2].c1ccc(-c2cc3c(-c4ccccc4)cccc3[cH-]2)cc1.c1ccc(-c2cc3c(-c4ccccc4)cccc3[cH-]2)cc1. The molecule has 0 amide bonds. The average molecular weight is 711 g/mol. The maximum atomic E-state index is 9.33. The third kappa shape index (κ3) is 11.1. The molecule has 0 saturated heterocycles. The summed E-state index contributed by atoms with van der Waals surface area (Å²) in [6, 6.07) is 64.5. The van der Waals surface area contributed by atoms with Crippen LogP contribution in [0.3, 0.4) is 0 Å². The number of hydrogen-bond donors (Lipinski definition) is 0. The Balaban J connectivity index is 0.000000186. The van der Waals surface area contributed by atoms with Gasteiger partial charge in [0.25, 0.3) is 0 Å². The van der Waals surface area contributed by atoms with Gasteiger partial charge in [0, 0.05) is 0 Å². The molecule has 0 radical (unpaired) electrons. The number of allylic oxidation sites excluding steroid dienone is 2. The molecule has 0 aromatic heterocycles. The zero-order valence-electron chi connectivity index (χ0n) is 29.8. The van der Waals surface area contributed by atoms with E-state index in [1.807, 2.05) is 0 Å². The summed E-state index contributed by atoms with van der Waals surface area (Å²) in [5.41, 5.74) is 10.3. The van der Waals surface area contributed by atoms with Gasteiger partial charge in [0.05, 0.1) is 0 Å². The third-order valence-electron chi connectivity index (χ3n) is 7.89. The summed E-state index contributed by atoms with van der Waals surface area (Å²) >= 11 is 1.75. The maximum Gasteiger partial charge on any atom is -0.0259 e. The summed E-state index contributed by atoms with van der Waals surface area (Å²) in [5, 5.41) is 23.9. The van der Waals surface area contributed by atoms with Crippen molar-refractivity contribution in [1.82, 2.24) is 0 Å². The topological polar surface area (TPSA) is 46.1 Å². The molecule has 0 fully saturated rings. The predicted molar refractivity (Wildman–Crippen MR) is 218 cm³/mol. The van der Waals surface area contributed by atoms with Gasteiger partial charge in [-0.25, -0.2) is 0 Å². The maximum absolute atomic E-state index is 9.33. The Morgan fingerprint density at radius 2 is 0.692 bits per heavy atom. The number of rotatable bonds is 4. The minimum atomic E-state index is -0.0833. The first kappa shape index (κ1) is 39.0. The molecule has 8 aromatic carbocycles. The van der Waals surface area contributed by atoms with Crippen LogP contribution >= 0.6 is 0 Å². The fraction of sp³-hybridized carbons (Fsp3) is 0.0408. The van der Waals surface area contributed by atoms with E-state index < -0.39 is 0 Å². The molecule has 8 rings (SSSR count). The van der Waals surface area contributed by atoms with Crippen molar-refractivity contribution in [3.05, 3.63) is 207 Å². The fourth-order valence-electron chi connectivity index (χ4n) is 5.80. The van der Waals surface area contributed by atoms with E-state index in [1.165, 1.54) is 79.9 Å². The largest absolute Gasteiger partial charge is 0.144 e. The first-order valence-electron chi connectivity index (χ1n) is 16.9. The van der Waals surface area contributed by atoms with E-state index in [2.05, 4.69) is 200 Å². The van der Waals surface area contributed by atoms with E-state index in [-0.39, 0.29) is 11.5 Å². The van der Waals surface area contributed by atoms with Crippen molar-refractivity contribution in [2.75, 3.05) is 0 Å². The number of hydrogen-bond acceptors (Lipinski definition) is 2. The normalized spacial score (nSPS) is 9.85. The molecular weight excluding hydrogens is 668 g/mol. The Labute approximate surface area is 319 Å². The summed E-state index contributed by atoms with van der Waals surface area (Å²) in [4.78, 5) is 3.25. The van der Waals surface area contributed by atoms with Gasteiger partial charge in [-0.05, 0) is 11.1 Å². The molecule has 0 spiro atoms. The minimum absolute atomic E-state index is 0.0833. The van der Waals surface area contributed by atoms with Gasteiger partial charge < -0.3 is 10.2 Å². The second-order valence-electron chi connectivity index (χ2n) is 12.0. The van der Waals surface area contributed by atoms with Crippen molar-refractivity contribution in [3.63, 3.8) is 0 Å². The third-order valence-corrected chi connectivity index (χ3v) is 7.89. The van der Waals surface area contributed by atoms with Gasteiger partial charge in [0.2, 0.25) is 0 Å². The van der Waals surface area contributed by atoms with E-state index >= 15 is 0 Å². The van der Waals surface area contributed by atoms with Crippen molar-refractivity contribution >= 4 is 26.4 Å². The second kappa shape index (κ2) is 20.2. The number of benzene rings is 6. The Morgan fingerprint density at radius 3 is 0.981 bits per heavy atom. The standard InChI is InChI=1S/2C21H15.2C3H6O.CH2.Ti/c2*1-3-8-16(9-4-1)19-14-18-12-7-13-20(21(18)15-19)17-10-5-2-6-11-17;2*1-3(2)4;;/h2*1-15H;2*4H,1H2,2H3;1H2;/q2*-1;;;;+2/p-2. The molecule has 52 heavy (non-hydrogen) atoms. The van der Waals surface area contributed by atoms with Crippen molar-refractivity contribution in [2.24, 2.45) is 0 Å². The molecule has 8 aromatic rings. The van der Waals surface area contributed by atoms with Crippen LogP contribution in [0.2, 0.25) is 0 Å². The molecule has 0 bridgehead atoms. The van der Waals surface area contributed by atoms with Gasteiger partial charge in [-0.3, -0.25) is 0 Å². The van der Waals surface area contributed by atoms with Crippen LogP contribution in [0.15, 0.2) is 207 Å². The predicted octanol–water partition coefficient (Wildman–Crippen LogP) is 11.5. The monoisotopic (exact) mass is 710 g/mol. The molecule has 256 valence electrons. The van der Waals surface area contributed by atoms with E-state index in [0.717, 1.165) is 0 Å². The summed E-state index contributed by atoms with van der Waals surface area (Å²) < 4.78 is 0. The van der Waals surface area contributed by atoms with Crippen molar-refractivity contribution in [1.29, 1.82) is 0 Å². The molecule has 0 unspecified atom stereocenters. The van der Waals surface area contributed by atoms with Crippen LogP contribution in [0.4, 0.5) is 0 Å². The van der Waals surface area contributed by atoms with Gasteiger partial charge >= 0.3 is 24.8 Å². The molecule has 0 saturated carbocycles. The zero-order valence-corrected chi connectivity index (χ0v) is 31.3. The first-order chi connectivity index (χ1) is 25.3. The van der Waals surface area contributed by atoms with Crippen LogP contribution in [0.25, 0.3) is 66.1 Å². The summed E-state index contributed by atoms with van der Waals surface area (Å²) in [5.74, 6) is -0.167. The molecule has 0 aliphatic heterocycles. The fourth-order valence-corrected chi connectivity index (χ4v) is 5.80. The summed E-state index contributed by atoms with van der Waals surface area (Å²) in [7, 11) is 0. The van der Waals surface area contributed by atoms with Crippen LogP contribution in [0, 0.1) is 0 Å². The van der Waals surface area contributed by atoms with Crippen LogP contribution in [0.1, 0.15) is 13.8 Å². The van der Waals surface area contributed by atoms with Gasteiger partial charge in [-0.1, -0.05) is 182 Å². The Bertz CT molecular complexity index is 2110. The molecular formula is C49H42O2Ti-2. The van der Waals surface area contributed by atoms with E-state index in [0.29, 0.717) is 0 Å². The molecule has 0 N–H and O–H groups in total. The quantitative estimate of drug-likeness (QED) is 0.104. The Kier molecular flexibility index (Phi) is 15.1. The zero-order chi connectivity index (χ0) is 37.3. The van der Waals surface area contributed by atoms with E-state index in [9.17, 15) is 10.2 Å². The summed E-state index contributed by atoms with van der Waals surface area (Å²) in [6.07, 6.45) is 0. The Morgan fingerprint density at radius 1 is 0.423 bits per heavy atom. The van der Waals surface area contributed by atoms with Crippen molar-refractivity contribution in [2.45, 2.75) is 13.8 Å². The van der Waals surface area contributed by atoms with Gasteiger partial charge in [0.1, 0.15) is 0 Å². The van der Waals surface area contributed by atoms with Crippen molar-refractivity contribution < 1.29 is 30.2 Å². The van der Waals surface area contributed by atoms with Gasteiger partial charge in [-0.15, -0.1) is 93.7 Å².